The van der Waals surface area contributed by atoms with Crippen LogP contribution in [0.25, 0.3) is 11.3 Å². The lowest BCUT2D eigenvalue weighted by molar-refractivity contribution is -0.132. The van der Waals surface area contributed by atoms with Gasteiger partial charge in [-0.15, -0.1) is 0 Å². The van der Waals surface area contributed by atoms with Crippen LogP contribution in [0.5, 0.6) is 0 Å². The number of amides is 3. The van der Waals surface area contributed by atoms with Gasteiger partial charge in [0, 0.05) is 21.7 Å². The van der Waals surface area contributed by atoms with Gasteiger partial charge in [0.05, 0.1) is 6.54 Å². The molecular formula is C21H17Cl2N3O3. The molecule has 2 aromatic carbocycles. The van der Waals surface area contributed by atoms with Crippen molar-refractivity contribution < 1.29 is 14.1 Å². The first-order valence-corrected chi connectivity index (χ1v) is 9.80. The summed E-state index contributed by atoms with van der Waals surface area (Å²) in [6, 6.07) is 15.3. The van der Waals surface area contributed by atoms with Gasteiger partial charge >= 0.3 is 6.03 Å². The fourth-order valence-electron chi connectivity index (χ4n) is 3.44. The molecular weight excluding hydrogens is 413 g/mol. The number of urea groups is 1. The number of carbonyl (C=O) groups excluding carboxylic acids is 2. The van der Waals surface area contributed by atoms with Gasteiger partial charge in [-0.3, -0.25) is 9.69 Å². The van der Waals surface area contributed by atoms with E-state index in [1.165, 1.54) is 0 Å². The molecule has 3 amide bonds. The molecule has 0 spiro atoms. The molecule has 3 aromatic rings. The third kappa shape index (κ3) is 3.50. The number of carbonyl (C=O) groups is 2. The highest BCUT2D eigenvalue weighted by Crippen LogP contribution is 2.34. The van der Waals surface area contributed by atoms with Crippen molar-refractivity contribution in [3.63, 3.8) is 0 Å². The maximum Gasteiger partial charge on any atom is 0.325 e. The van der Waals surface area contributed by atoms with Crippen LogP contribution in [0.4, 0.5) is 4.79 Å². The zero-order valence-corrected chi connectivity index (χ0v) is 17.0. The summed E-state index contributed by atoms with van der Waals surface area (Å²) in [5.41, 5.74) is 0.985. The highest BCUT2D eigenvalue weighted by Gasteiger charge is 2.51. The van der Waals surface area contributed by atoms with E-state index in [4.69, 9.17) is 27.7 Å². The zero-order valence-electron chi connectivity index (χ0n) is 15.5. The summed E-state index contributed by atoms with van der Waals surface area (Å²) in [6.45, 7) is 1.84. The number of hydrogen-bond acceptors (Lipinski definition) is 4. The molecule has 1 atom stereocenters. The number of aromatic nitrogens is 1. The zero-order chi connectivity index (χ0) is 20.6. The summed E-state index contributed by atoms with van der Waals surface area (Å²) in [5, 5.41) is 8.05. The first-order valence-electron chi connectivity index (χ1n) is 9.04. The highest BCUT2D eigenvalue weighted by atomic mass is 35.5. The molecule has 1 aliphatic heterocycles. The maximum absolute atomic E-state index is 13.2. The van der Waals surface area contributed by atoms with Crippen molar-refractivity contribution in [3.8, 4) is 11.3 Å². The number of hydrogen-bond donors (Lipinski definition) is 1. The Morgan fingerprint density at radius 2 is 1.66 bits per heavy atom. The molecule has 2 heterocycles. The van der Waals surface area contributed by atoms with Gasteiger partial charge in [0.1, 0.15) is 11.2 Å². The average Bonchev–Trinajstić information content (AvgIpc) is 3.28. The molecule has 0 aliphatic carbocycles. The highest BCUT2D eigenvalue weighted by molar-refractivity contribution is 6.30. The Morgan fingerprint density at radius 3 is 2.28 bits per heavy atom. The van der Waals surface area contributed by atoms with Crippen molar-refractivity contribution >= 4 is 35.1 Å². The van der Waals surface area contributed by atoms with Gasteiger partial charge in [-0.2, -0.15) is 0 Å². The summed E-state index contributed by atoms with van der Waals surface area (Å²) in [6.07, 6.45) is 0.405. The normalized spacial score (nSPS) is 18.9. The second-order valence-corrected chi connectivity index (χ2v) is 7.65. The molecule has 1 aromatic heterocycles. The lowest BCUT2D eigenvalue weighted by Gasteiger charge is -2.25. The van der Waals surface area contributed by atoms with Gasteiger partial charge in [0.2, 0.25) is 0 Å². The van der Waals surface area contributed by atoms with Crippen LogP contribution in [-0.2, 0) is 16.9 Å². The summed E-state index contributed by atoms with van der Waals surface area (Å²) < 4.78 is 5.36. The van der Waals surface area contributed by atoms with E-state index in [1.54, 1.807) is 42.5 Å². The number of nitrogens with zero attached hydrogens (tertiary/aromatic N) is 2. The maximum atomic E-state index is 13.2. The van der Waals surface area contributed by atoms with Crippen molar-refractivity contribution in [2.24, 2.45) is 0 Å². The fourth-order valence-corrected chi connectivity index (χ4v) is 3.70. The van der Waals surface area contributed by atoms with Crippen LogP contribution < -0.4 is 5.32 Å². The van der Waals surface area contributed by atoms with Crippen LogP contribution in [0, 0.1) is 0 Å². The molecule has 148 valence electrons. The molecule has 6 nitrogen and oxygen atoms in total. The molecule has 0 bridgehead atoms. The molecule has 1 N–H and O–H groups in total. The minimum atomic E-state index is -1.12. The smallest absolute Gasteiger partial charge is 0.325 e. The van der Waals surface area contributed by atoms with Crippen molar-refractivity contribution in [3.05, 3.63) is 76.0 Å². The molecule has 1 unspecified atom stereocenters. The topological polar surface area (TPSA) is 75.4 Å². The van der Waals surface area contributed by atoms with E-state index >= 15 is 0 Å². The standard InChI is InChI=1S/C21H17Cl2N3O3/c1-2-21(14-5-9-16(23)10-6-14)19(27)26(20(28)24-21)12-17-11-18(25-29-17)13-3-7-15(22)8-4-13/h3-11H,2,12H2,1H3,(H,24,28). The van der Waals surface area contributed by atoms with Gasteiger partial charge in [0.15, 0.2) is 5.76 Å². The largest absolute Gasteiger partial charge is 0.359 e. The number of benzene rings is 2. The lowest BCUT2D eigenvalue weighted by atomic mass is 9.87. The Kier molecular flexibility index (Phi) is 5.06. The Hall–Kier alpha value is -2.83. The Balaban J connectivity index is 1.58. The molecule has 1 saturated heterocycles. The van der Waals surface area contributed by atoms with E-state index in [0.717, 1.165) is 10.5 Å². The van der Waals surface area contributed by atoms with Gasteiger partial charge in [-0.25, -0.2) is 4.79 Å². The predicted octanol–water partition coefficient (Wildman–Crippen LogP) is 5.01. The monoisotopic (exact) mass is 429 g/mol. The number of nitrogens with one attached hydrogen (secondary N) is 1. The van der Waals surface area contributed by atoms with Crippen LogP contribution in [0.3, 0.4) is 0 Å². The molecule has 29 heavy (non-hydrogen) atoms. The van der Waals surface area contributed by atoms with E-state index < -0.39 is 11.6 Å². The Morgan fingerprint density at radius 1 is 1.03 bits per heavy atom. The van der Waals surface area contributed by atoms with Crippen molar-refractivity contribution in [1.82, 2.24) is 15.4 Å². The van der Waals surface area contributed by atoms with Crippen LogP contribution in [-0.4, -0.2) is 22.0 Å². The Labute approximate surface area is 177 Å². The molecule has 1 fully saturated rings. The molecule has 1 aliphatic rings. The average molecular weight is 430 g/mol. The van der Waals surface area contributed by atoms with E-state index in [1.807, 2.05) is 19.1 Å². The molecule has 0 saturated carbocycles. The number of halogens is 2. The summed E-state index contributed by atoms with van der Waals surface area (Å²) in [4.78, 5) is 27.0. The van der Waals surface area contributed by atoms with E-state index in [2.05, 4.69) is 10.5 Å². The summed E-state index contributed by atoms with van der Waals surface area (Å²) in [5.74, 6) is 0.0678. The van der Waals surface area contributed by atoms with E-state index in [-0.39, 0.29) is 12.5 Å². The Bertz CT molecular complexity index is 1060. The first kappa shape index (κ1) is 19.5. The quantitative estimate of drug-likeness (QED) is 0.578. The third-order valence-corrected chi connectivity index (χ3v) is 5.56. The van der Waals surface area contributed by atoms with Gasteiger partial charge in [-0.05, 0) is 36.2 Å². The number of rotatable bonds is 5. The lowest BCUT2D eigenvalue weighted by Crippen LogP contribution is -2.43. The van der Waals surface area contributed by atoms with Gasteiger partial charge in [0.25, 0.3) is 5.91 Å². The minimum Gasteiger partial charge on any atom is -0.359 e. The second kappa shape index (κ2) is 7.54. The second-order valence-electron chi connectivity index (χ2n) is 6.77. The van der Waals surface area contributed by atoms with Crippen LogP contribution in [0.1, 0.15) is 24.7 Å². The molecule has 4 rings (SSSR count). The van der Waals surface area contributed by atoms with E-state index in [9.17, 15) is 9.59 Å². The summed E-state index contributed by atoms with van der Waals surface area (Å²) in [7, 11) is 0. The molecule has 0 radical (unpaired) electrons. The predicted molar refractivity (Wildman–Crippen MR) is 109 cm³/mol. The van der Waals surface area contributed by atoms with E-state index in [0.29, 0.717) is 33.5 Å². The third-order valence-electron chi connectivity index (χ3n) is 5.06. The van der Waals surface area contributed by atoms with Gasteiger partial charge < -0.3 is 9.84 Å². The minimum absolute atomic E-state index is 0.0133. The van der Waals surface area contributed by atoms with Crippen molar-refractivity contribution in [1.29, 1.82) is 0 Å². The van der Waals surface area contributed by atoms with Crippen LogP contribution >= 0.6 is 23.2 Å². The van der Waals surface area contributed by atoms with Crippen molar-refractivity contribution in [2.45, 2.75) is 25.4 Å². The fraction of sp³-hybridized carbons (Fsp3) is 0.190. The molecule has 8 heteroatoms. The van der Waals surface area contributed by atoms with Crippen LogP contribution in [0.15, 0.2) is 59.1 Å². The van der Waals surface area contributed by atoms with Crippen molar-refractivity contribution in [2.75, 3.05) is 0 Å². The first-order chi connectivity index (χ1) is 13.9. The van der Waals surface area contributed by atoms with Crippen LogP contribution in [0.2, 0.25) is 10.0 Å². The van der Waals surface area contributed by atoms with Gasteiger partial charge in [-0.1, -0.05) is 59.5 Å². The SMILES string of the molecule is CCC1(c2ccc(Cl)cc2)NC(=O)N(Cc2cc(-c3ccc(Cl)cc3)no2)C1=O. The summed E-state index contributed by atoms with van der Waals surface area (Å²) >= 11 is 11.9. The number of imide groups is 1.